The number of aromatic nitrogens is 2. The average Bonchev–Trinajstić information content (AvgIpc) is 2.47. The maximum atomic E-state index is 13.6. The Bertz CT molecular complexity index is 602. The number of benzene rings is 1. The third-order valence-electron chi connectivity index (χ3n) is 2.80. The molecule has 0 saturated carbocycles. The van der Waals surface area contributed by atoms with Crippen LogP contribution in [-0.2, 0) is 4.74 Å². The van der Waals surface area contributed by atoms with Crippen LogP contribution in [0.1, 0.15) is 29.0 Å². The average molecular weight is 275 g/mol. The van der Waals surface area contributed by atoms with Crippen LogP contribution in [-0.4, -0.2) is 23.3 Å². The quantitative estimate of drug-likeness (QED) is 0.869. The summed E-state index contributed by atoms with van der Waals surface area (Å²) in [6, 6.07) is 9.32. The first-order chi connectivity index (χ1) is 9.61. The highest BCUT2D eigenvalue weighted by Gasteiger charge is 2.12. The third-order valence-corrected chi connectivity index (χ3v) is 2.80. The van der Waals surface area contributed by atoms with E-state index >= 15 is 0 Å². The van der Waals surface area contributed by atoms with Crippen molar-refractivity contribution < 1.29 is 13.9 Å². The Morgan fingerprint density at radius 3 is 2.60 bits per heavy atom. The van der Waals surface area contributed by atoms with Gasteiger partial charge in [-0.1, -0.05) is 18.2 Å². The molecule has 2 rings (SSSR count). The molecule has 0 aliphatic rings. The predicted octanol–water partition coefficient (Wildman–Crippen LogP) is 2.58. The predicted molar refractivity (Wildman–Crippen MR) is 71.8 cm³/mol. The summed E-state index contributed by atoms with van der Waals surface area (Å²) in [5, 5.41) is 10.6. The van der Waals surface area contributed by atoms with Gasteiger partial charge in [-0.05, 0) is 25.1 Å². The van der Waals surface area contributed by atoms with Crippen LogP contribution < -0.4 is 5.32 Å². The fraction of sp³-hybridized carbons (Fsp3) is 0.214. The second-order valence-electron chi connectivity index (χ2n) is 4.18. The number of hydrogen-bond acceptors (Lipinski definition) is 5. The topological polar surface area (TPSA) is 64.1 Å². The summed E-state index contributed by atoms with van der Waals surface area (Å²) in [5.74, 6) is -0.383. The molecule has 20 heavy (non-hydrogen) atoms. The number of rotatable bonds is 4. The number of anilines is 1. The van der Waals surface area contributed by atoms with Gasteiger partial charge in [0.25, 0.3) is 0 Å². The van der Waals surface area contributed by atoms with Gasteiger partial charge in [-0.15, -0.1) is 10.2 Å². The van der Waals surface area contributed by atoms with Gasteiger partial charge < -0.3 is 10.1 Å². The van der Waals surface area contributed by atoms with Crippen LogP contribution >= 0.6 is 0 Å². The molecule has 1 heterocycles. The molecule has 5 nitrogen and oxygen atoms in total. The molecule has 0 amide bonds. The van der Waals surface area contributed by atoms with E-state index in [1.807, 2.05) is 6.92 Å². The smallest absolute Gasteiger partial charge is 0.358 e. The zero-order valence-electron chi connectivity index (χ0n) is 11.1. The molecule has 0 spiro atoms. The second kappa shape index (κ2) is 6.10. The van der Waals surface area contributed by atoms with E-state index in [0.717, 1.165) is 0 Å². The van der Waals surface area contributed by atoms with Crippen molar-refractivity contribution in [3.8, 4) is 0 Å². The number of halogens is 1. The largest absolute Gasteiger partial charge is 0.464 e. The van der Waals surface area contributed by atoms with Crippen molar-refractivity contribution in [2.45, 2.75) is 13.0 Å². The minimum atomic E-state index is -0.550. The fourth-order valence-corrected chi connectivity index (χ4v) is 1.75. The Hall–Kier alpha value is -2.50. The molecule has 0 fully saturated rings. The summed E-state index contributed by atoms with van der Waals surface area (Å²) in [6.07, 6.45) is 0. The van der Waals surface area contributed by atoms with Gasteiger partial charge in [0.2, 0.25) is 0 Å². The summed E-state index contributed by atoms with van der Waals surface area (Å²) >= 11 is 0. The normalized spacial score (nSPS) is 11.8. The minimum Gasteiger partial charge on any atom is -0.464 e. The molecule has 1 unspecified atom stereocenters. The van der Waals surface area contributed by atoms with Gasteiger partial charge in [0, 0.05) is 5.56 Å². The van der Waals surface area contributed by atoms with Gasteiger partial charge in [0.15, 0.2) is 5.69 Å². The summed E-state index contributed by atoms with van der Waals surface area (Å²) < 4.78 is 18.2. The summed E-state index contributed by atoms with van der Waals surface area (Å²) in [5.41, 5.74) is 0.655. The molecular formula is C14H14FN3O2. The summed E-state index contributed by atoms with van der Waals surface area (Å²) in [4.78, 5) is 11.2. The highest BCUT2D eigenvalue weighted by molar-refractivity contribution is 5.86. The zero-order chi connectivity index (χ0) is 14.5. The highest BCUT2D eigenvalue weighted by atomic mass is 19.1. The molecule has 0 aliphatic heterocycles. The molecule has 0 bridgehead atoms. The van der Waals surface area contributed by atoms with Gasteiger partial charge in [-0.3, -0.25) is 0 Å². The van der Waals surface area contributed by atoms with E-state index in [0.29, 0.717) is 11.4 Å². The van der Waals surface area contributed by atoms with Crippen molar-refractivity contribution in [1.29, 1.82) is 0 Å². The number of esters is 1. The van der Waals surface area contributed by atoms with E-state index in [9.17, 15) is 9.18 Å². The zero-order valence-corrected chi connectivity index (χ0v) is 11.1. The first kappa shape index (κ1) is 13.9. The molecule has 1 N–H and O–H groups in total. The van der Waals surface area contributed by atoms with Gasteiger partial charge in [0.1, 0.15) is 11.6 Å². The van der Waals surface area contributed by atoms with E-state index in [2.05, 4.69) is 20.3 Å². The van der Waals surface area contributed by atoms with E-state index in [4.69, 9.17) is 0 Å². The molecule has 1 atom stereocenters. The number of nitrogens with zero attached hydrogens (tertiary/aromatic N) is 2. The van der Waals surface area contributed by atoms with E-state index in [1.54, 1.807) is 24.3 Å². The molecule has 1 aromatic heterocycles. The van der Waals surface area contributed by atoms with Crippen LogP contribution in [0.5, 0.6) is 0 Å². The lowest BCUT2D eigenvalue weighted by atomic mass is 10.1. The molecule has 1 aromatic carbocycles. The SMILES string of the molecule is COC(=O)c1ccc(NC(C)c2ccccc2F)nn1. The third kappa shape index (κ3) is 3.09. The number of ether oxygens (including phenoxy) is 1. The van der Waals surface area contributed by atoms with Crippen molar-refractivity contribution in [2.75, 3.05) is 12.4 Å². The van der Waals surface area contributed by atoms with Crippen molar-refractivity contribution >= 4 is 11.8 Å². The van der Waals surface area contributed by atoms with E-state index in [1.165, 1.54) is 19.2 Å². The molecule has 0 saturated heterocycles. The van der Waals surface area contributed by atoms with Crippen LogP contribution in [0.25, 0.3) is 0 Å². The van der Waals surface area contributed by atoms with Crippen LogP contribution in [0.4, 0.5) is 10.2 Å². The molecule has 6 heteroatoms. The van der Waals surface area contributed by atoms with Crippen LogP contribution in [0.15, 0.2) is 36.4 Å². The number of carbonyl (C=O) groups is 1. The Balaban J connectivity index is 2.10. The van der Waals surface area contributed by atoms with Gasteiger partial charge in [-0.25, -0.2) is 9.18 Å². The van der Waals surface area contributed by atoms with Crippen molar-refractivity contribution in [2.24, 2.45) is 0 Å². The maximum Gasteiger partial charge on any atom is 0.358 e. The Kier molecular flexibility index (Phi) is 4.24. The van der Waals surface area contributed by atoms with Crippen molar-refractivity contribution in [3.05, 3.63) is 53.5 Å². The fourth-order valence-electron chi connectivity index (χ4n) is 1.75. The number of hydrogen-bond donors (Lipinski definition) is 1. The lowest BCUT2D eigenvalue weighted by molar-refractivity contribution is 0.0593. The van der Waals surface area contributed by atoms with Crippen LogP contribution in [0.3, 0.4) is 0 Å². The molecular weight excluding hydrogens is 261 g/mol. The van der Waals surface area contributed by atoms with Gasteiger partial charge in [0.05, 0.1) is 13.2 Å². The van der Waals surface area contributed by atoms with E-state index < -0.39 is 5.97 Å². The molecule has 0 radical (unpaired) electrons. The number of nitrogens with one attached hydrogen (secondary N) is 1. The number of methoxy groups -OCH3 is 1. The molecule has 0 aliphatic carbocycles. The monoisotopic (exact) mass is 275 g/mol. The van der Waals surface area contributed by atoms with Crippen molar-refractivity contribution in [3.63, 3.8) is 0 Å². The van der Waals surface area contributed by atoms with Gasteiger partial charge >= 0.3 is 5.97 Å². The second-order valence-corrected chi connectivity index (χ2v) is 4.18. The highest BCUT2D eigenvalue weighted by Crippen LogP contribution is 2.20. The van der Waals surface area contributed by atoms with Crippen LogP contribution in [0, 0.1) is 5.82 Å². The molecule has 2 aromatic rings. The lowest BCUT2D eigenvalue weighted by Crippen LogP contribution is -2.11. The van der Waals surface area contributed by atoms with E-state index in [-0.39, 0.29) is 17.6 Å². The lowest BCUT2D eigenvalue weighted by Gasteiger charge is -2.15. The molecule has 104 valence electrons. The number of carbonyl (C=O) groups excluding carboxylic acids is 1. The standard InChI is InChI=1S/C14H14FN3O2/c1-9(10-5-3-4-6-11(10)15)16-13-8-7-12(17-18-13)14(19)20-2/h3-9H,1-2H3,(H,16,18). The summed E-state index contributed by atoms with van der Waals surface area (Å²) in [6.45, 7) is 1.81. The Morgan fingerprint density at radius 1 is 1.25 bits per heavy atom. The maximum absolute atomic E-state index is 13.6. The van der Waals surface area contributed by atoms with Crippen molar-refractivity contribution in [1.82, 2.24) is 10.2 Å². The Labute approximate surface area is 115 Å². The first-order valence-corrected chi connectivity index (χ1v) is 6.05. The minimum absolute atomic E-state index is 0.122. The first-order valence-electron chi connectivity index (χ1n) is 6.05. The Morgan fingerprint density at radius 2 is 2.00 bits per heavy atom. The summed E-state index contributed by atoms with van der Waals surface area (Å²) in [7, 11) is 1.27. The van der Waals surface area contributed by atoms with Crippen LogP contribution in [0.2, 0.25) is 0 Å². The van der Waals surface area contributed by atoms with Gasteiger partial charge in [-0.2, -0.15) is 0 Å².